The second-order valence-corrected chi connectivity index (χ2v) is 6.55. The van der Waals surface area contributed by atoms with Crippen LogP contribution in [0.4, 0.5) is 0 Å². The molecule has 0 bridgehead atoms. The van der Waals surface area contributed by atoms with E-state index in [1.165, 1.54) is 0 Å². The van der Waals surface area contributed by atoms with Crippen LogP contribution in [0.5, 0.6) is 0 Å². The van der Waals surface area contributed by atoms with Gasteiger partial charge in [-0.1, -0.05) is 32.3 Å². The van der Waals surface area contributed by atoms with E-state index in [0.29, 0.717) is 19.3 Å². The molecule has 0 radical (unpaired) electrons. The fraction of sp³-hybridized carbons (Fsp3) is 0.765. The minimum atomic E-state index is -1.48. The van der Waals surface area contributed by atoms with Gasteiger partial charge in [-0.05, 0) is 19.3 Å². The number of hydrogen-bond acceptors (Lipinski definition) is 8. The summed E-state index contributed by atoms with van der Waals surface area (Å²) >= 11 is 0. The minimum Gasteiger partial charge on any atom is -0.553 e. The molecule has 2 aliphatic heterocycles. The fourth-order valence-corrected chi connectivity index (χ4v) is 3.83. The summed E-state index contributed by atoms with van der Waals surface area (Å²) in [6.07, 6.45) is 0.411. The molecule has 0 N–H and O–H groups in total. The van der Waals surface area contributed by atoms with Gasteiger partial charge >= 0.3 is 118 Å². The Labute approximate surface area is 259 Å². The monoisotopic (exact) mass is 446 g/mol. The summed E-state index contributed by atoms with van der Waals surface area (Å²) in [4.78, 5) is 33.8. The Morgan fingerprint density at radius 1 is 0.724 bits per heavy atom. The molecule has 7 atom stereocenters. The molecule has 0 saturated carbocycles. The number of aliphatic carboxylic acids is 3. The first-order chi connectivity index (χ1) is 11.8. The van der Waals surface area contributed by atoms with Crippen LogP contribution in [-0.2, 0) is 23.9 Å². The predicted octanol–water partition coefficient (Wildman–Crippen LogP) is -14.6. The van der Waals surface area contributed by atoms with Crippen LogP contribution < -0.4 is 134 Å². The summed E-state index contributed by atoms with van der Waals surface area (Å²) < 4.78 is 11.2. The number of carboxylic acids is 3. The van der Waals surface area contributed by atoms with E-state index in [-0.39, 0.29) is 125 Å². The average Bonchev–Trinajstić information content (AvgIpc) is 3.13. The number of ether oxygens (including phenoxy) is 2. The van der Waals surface area contributed by atoms with Crippen LogP contribution in [0.15, 0.2) is 0 Å². The maximum absolute atomic E-state index is 11.4. The average molecular weight is 446 g/mol. The Morgan fingerprint density at radius 3 is 1.59 bits per heavy atom. The molecule has 2 saturated heterocycles. The van der Waals surface area contributed by atoms with Gasteiger partial charge in [0.2, 0.25) is 0 Å². The van der Waals surface area contributed by atoms with Crippen LogP contribution in [-0.4, -0.2) is 42.3 Å². The zero-order valence-electron chi connectivity index (χ0n) is 18.2. The van der Waals surface area contributed by atoms with Crippen molar-refractivity contribution in [3.8, 4) is 0 Å². The number of carbonyl (C=O) groups excluding carboxylic acids is 3. The van der Waals surface area contributed by atoms with E-state index in [2.05, 4.69) is 0 Å². The zero-order chi connectivity index (χ0) is 18.7. The molecule has 0 amide bonds. The molecule has 7 unspecified atom stereocenters. The van der Waals surface area contributed by atoms with Crippen molar-refractivity contribution in [1.29, 1.82) is 0 Å². The first kappa shape index (κ1) is 35.9. The Hall–Kier alpha value is 2.33. The molecule has 0 aromatic rings. The van der Waals surface area contributed by atoms with Crippen LogP contribution in [0.3, 0.4) is 0 Å². The van der Waals surface area contributed by atoms with Gasteiger partial charge in [-0.2, -0.15) is 0 Å². The molecule has 2 rings (SSSR count). The van der Waals surface area contributed by atoms with Crippen LogP contribution in [0, 0.1) is 24.2 Å². The van der Waals surface area contributed by atoms with Crippen molar-refractivity contribution in [3.05, 3.63) is 6.42 Å². The molecule has 29 heavy (non-hydrogen) atoms. The molecule has 12 heteroatoms. The van der Waals surface area contributed by atoms with Gasteiger partial charge in [-0.3, -0.25) is 6.42 Å². The van der Waals surface area contributed by atoms with E-state index < -0.39 is 60.1 Å². The van der Waals surface area contributed by atoms with E-state index in [9.17, 15) is 29.7 Å². The molecule has 0 aliphatic carbocycles. The van der Waals surface area contributed by atoms with Gasteiger partial charge in [0.25, 0.3) is 0 Å². The topological polar surface area (TPSA) is 139 Å². The number of carbonyl (C=O) groups is 3. The van der Waals surface area contributed by atoms with Gasteiger partial charge in [0, 0.05) is 35.8 Å². The molecule has 2 aliphatic rings. The standard InChI is InChI=1S/C17H25O8.4Na/c1-3-10-9(15(18)19)7-8(24-10)5-6-12-14(17(22)23)13(16(20)21)11(4-2)25-12;;;;/h7-14H,3-6H2,1-2H3,(H,18,19)(H,20,21)(H,22,23);;;;/q-1;4*+1/p-3. The molecule has 2 fully saturated rings. The minimum absolute atomic E-state index is 0. The SMILES string of the molecule is CCC1OC(CCC2OC(CC)C(C(=O)[O-])C2C(=O)[O-])[CH-]C1C(=O)[O-].[Na+].[Na+].[Na+].[Na+]. The molecule has 0 spiro atoms. The molecule has 142 valence electrons. The van der Waals surface area contributed by atoms with Crippen molar-refractivity contribution in [2.45, 2.75) is 63.9 Å². The van der Waals surface area contributed by atoms with Crippen molar-refractivity contribution in [2.24, 2.45) is 17.8 Å². The van der Waals surface area contributed by atoms with Crippen LogP contribution >= 0.6 is 0 Å². The fourth-order valence-electron chi connectivity index (χ4n) is 3.83. The van der Waals surface area contributed by atoms with Crippen molar-refractivity contribution in [1.82, 2.24) is 0 Å². The predicted molar refractivity (Wildman–Crippen MR) is 76.9 cm³/mol. The summed E-state index contributed by atoms with van der Waals surface area (Å²) in [5, 5.41) is 33.8. The maximum atomic E-state index is 11.4. The van der Waals surface area contributed by atoms with Crippen LogP contribution in [0.1, 0.15) is 39.5 Å². The van der Waals surface area contributed by atoms with Gasteiger partial charge < -0.3 is 39.2 Å². The van der Waals surface area contributed by atoms with Crippen LogP contribution in [0.2, 0.25) is 0 Å². The van der Waals surface area contributed by atoms with Gasteiger partial charge in [-0.25, -0.2) is 0 Å². The molecular formula is C17H22Na4O8. The first-order valence-corrected chi connectivity index (χ1v) is 8.58. The van der Waals surface area contributed by atoms with Gasteiger partial charge in [0.1, 0.15) is 0 Å². The van der Waals surface area contributed by atoms with Crippen molar-refractivity contribution in [2.75, 3.05) is 0 Å². The van der Waals surface area contributed by atoms with Crippen molar-refractivity contribution in [3.63, 3.8) is 0 Å². The molecule has 0 aromatic heterocycles. The first-order valence-electron chi connectivity index (χ1n) is 8.58. The van der Waals surface area contributed by atoms with Gasteiger partial charge in [0.05, 0.1) is 12.2 Å². The number of carboxylic acid groups (broad SMARTS) is 3. The quantitative estimate of drug-likeness (QED) is 0.265. The molecule has 2 heterocycles. The van der Waals surface area contributed by atoms with E-state index in [0.717, 1.165) is 0 Å². The summed E-state index contributed by atoms with van der Waals surface area (Å²) in [6.45, 7) is 3.51. The van der Waals surface area contributed by atoms with Gasteiger partial charge in [0.15, 0.2) is 0 Å². The Bertz CT molecular complexity index is 536. The normalized spacial score (nSPS) is 32.7. The summed E-state index contributed by atoms with van der Waals surface area (Å²) in [6, 6.07) is 0. The third kappa shape index (κ3) is 9.24. The smallest absolute Gasteiger partial charge is 0.553 e. The maximum Gasteiger partial charge on any atom is 1.00 e. The third-order valence-electron chi connectivity index (χ3n) is 5.07. The summed E-state index contributed by atoms with van der Waals surface area (Å²) in [7, 11) is 0. The second-order valence-electron chi connectivity index (χ2n) is 6.55. The molecule has 0 aromatic carbocycles. The summed E-state index contributed by atoms with van der Waals surface area (Å²) in [5.41, 5.74) is 0. The number of rotatable bonds is 8. The Morgan fingerprint density at radius 2 is 1.21 bits per heavy atom. The van der Waals surface area contributed by atoms with E-state index in [1.807, 2.05) is 0 Å². The number of hydrogen-bond donors (Lipinski definition) is 0. The summed E-state index contributed by atoms with van der Waals surface area (Å²) in [5.74, 6) is -7.51. The second kappa shape index (κ2) is 16.9. The van der Waals surface area contributed by atoms with E-state index in [1.54, 1.807) is 20.3 Å². The molecule has 8 nitrogen and oxygen atoms in total. The van der Waals surface area contributed by atoms with Gasteiger partial charge in [-0.15, -0.1) is 0 Å². The zero-order valence-corrected chi connectivity index (χ0v) is 26.2. The largest absolute Gasteiger partial charge is 1.00 e. The van der Waals surface area contributed by atoms with Crippen LogP contribution in [0.25, 0.3) is 0 Å². The Balaban J connectivity index is -0.00000169. The third-order valence-corrected chi connectivity index (χ3v) is 5.07. The Kier molecular flexibility index (Phi) is 20.9. The van der Waals surface area contributed by atoms with Crippen molar-refractivity contribution < 1.29 is 157 Å². The van der Waals surface area contributed by atoms with Crippen molar-refractivity contribution >= 4 is 17.9 Å². The van der Waals surface area contributed by atoms with E-state index >= 15 is 0 Å². The van der Waals surface area contributed by atoms with E-state index in [4.69, 9.17) is 9.47 Å². The molecular weight excluding hydrogens is 424 g/mol.